The number of benzene rings is 1. The van der Waals surface area contributed by atoms with Crippen molar-refractivity contribution in [1.29, 1.82) is 0 Å². The monoisotopic (exact) mass is 343 g/mol. The molecule has 6 heteroatoms. The van der Waals surface area contributed by atoms with E-state index < -0.39 is 5.60 Å². The van der Waals surface area contributed by atoms with Gasteiger partial charge < -0.3 is 19.9 Å². The standard InChI is InChI=1S/C19H25N3O3/c1-19(2,3)25-18(24)22-10-5-6-13(22)12-21-11-9-14-15(17(21)23)7-4-8-16(14)20/h4,7-9,11,13H,5-6,10,12,20H2,1-3H3. The normalized spacial score (nSPS) is 17.9. The highest BCUT2D eigenvalue weighted by molar-refractivity contribution is 5.91. The summed E-state index contributed by atoms with van der Waals surface area (Å²) < 4.78 is 7.15. The van der Waals surface area contributed by atoms with Crippen LogP contribution >= 0.6 is 0 Å². The predicted molar refractivity (Wildman–Crippen MR) is 98.6 cm³/mol. The van der Waals surface area contributed by atoms with Crippen molar-refractivity contribution in [3.63, 3.8) is 0 Å². The molecule has 0 saturated carbocycles. The van der Waals surface area contributed by atoms with E-state index in [1.807, 2.05) is 26.8 Å². The summed E-state index contributed by atoms with van der Waals surface area (Å²) in [5.41, 5.74) is 5.93. The number of aromatic nitrogens is 1. The molecule has 6 nitrogen and oxygen atoms in total. The molecule has 1 aliphatic rings. The van der Waals surface area contributed by atoms with Gasteiger partial charge in [-0.25, -0.2) is 4.79 Å². The number of likely N-dealkylation sites (tertiary alicyclic amines) is 1. The fourth-order valence-corrected chi connectivity index (χ4v) is 3.30. The van der Waals surface area contributed by atoms with Crippen molar-refractivity contribution in [2.75, 3.05) is 12.3 Å². The summed E-state index contributed by atoms with van der Waals surface area (Å²) >= 11 is 0. The number of anilines is 1. The van der Waals surface area contributed by atoms with Crippen molar-refractivity contribution < 1.29 is 9.53 Å². The highest BCUT2D eigenvalue weighted by atomic mass is 16.6. The predicted octanol–water partition coefficient (Wildman–Crippen LogP) is 2.98. The van der Waals surface area contributed by atoms with Gasteiger partial charge in [-0.15, -0.1) is 0 Å². The molecule has 2 N–H and O–H groups in total. The molecule has 0 spiro atoms. The number of hydrogen-bond donors (Lipinski definition) is 1. The first-order valence-corrected chi connectivity index (χ1v) is 8.63. The molecule has 0 aliphatic carbocycles. The van der Waals surface area contributed by atoms with E-state index >= 15 is 0 Å². The van der Waals surface area contributed by atoms with E-state index in [1.54, 1.807) is 33.9 Å². The number of nitrogen functional groups attached to an aromatic ring is 1. The van der Waals surface area contributed by atoms with Gasteiger partial charge in [0.25, 0.3) is 5.56 Å². The third-order valence-electron chi connectivity index (χ3n) is 4.46. The minimum absolute atomic E-state index is 0.0361. The number of carbonyl (C=O) groups is 1. The zero-order chi connectivity index (χ0) is 18.2. The SMILES string of the molecule is CC(C)(C)OC(=O)N1CCCC1Cn1ccc2c(N)cccc2c1=O. The molecule has 1 fully saturated rings. The van der Waals surface area contributed by atoms with Crippen LogP contribution in [0.4, 0.5) is 10.5 Å². The average molecular weight is 343 g/mol. The van der Waals surface area contributed by atoms with Gasteiger partial charge in [-0.2, -0.15) is 0 Å². The molecular formula is C19H25N3O3. The van der Waals surface area contributed by atoms with E-state index in [-0.39, 0.29) is 17.7 Å². The zero-order valence-corrected chi connectivity index (χ0v) is 15.0. The van der Waals surface area contributed by atoms with E-state index in [0.717, 1.165) is 18.2 Å². The van der Waals surface area contributed by atoms with Crippen LogP contribution in [0.3, 0.4) is 0 Å². The van der Waals surface area contributed by atoms with E-state index in [1.165, 1.54) is 0 Å². The zero-order valence-electron chi connectivity index (χ0n) is 15.0. The molecule has 25 heavy (non-hydrogen) atoms. The maximum absolute atomic E-state index is 12.7. The molecule has 0 radical (unpaired) electrons. The summed E-state index contributed by atoms with van der Waals surface area (Å²) in [5, 5.41) is 1.36. The molecule has 1 aromatic carbocycles. The van der Waals surface area contributed by atoms with E-state index in [0.29, 0.717) is 24.2 Å². The molecule has 2 heterocycles. The van der Waals surface area contributed by atoms with Crippen molar-refractivity contribution in [3.05, 3.63) is 40.8 Å². The number of carbonyl (C=O) groups excluding carboxylic acids is 1. The lowest BCUT2D eigenvalue weighted by molar-refractivity contribution is 0.0213. The van der Waals surface area contributed by atoms with Gasteiger partial charge >= 0.3 is 6.09 Å². The number of ether oxygens (including phenoxy) is 1. The second-order valence-corrected chi connectivity index (χ2v) is 7.55. The summed E-state index contributed by atoms with van der Waals surface area (Å²) in [6.45, 7) is 6.69. The molecule has 0 bridgehead atoms. The second kappa shape index (κ2) is 6.43. The number of nitrogens with two attached hydrogens (primary N) is 1. The van der Waals surface area contributed by atoms with Crippen molar-refractivity contribution in [2.24, 2.45) is 0 Å². The van der Waals surface area contributed by atoms with E-state index in [9.17, 15) is 9.59 Å². The maximum Gasteiger partial charge on any atom is 0.410 e. The lowest BCUT2D eigenvalue weighted by atomic mass is 10.1. The van der Waals surface area contributed by atoms with Gasteiger partial charge in [0.1, 0.15) is 5.60 Å². The summed E-state index contributed by atoms with van der Waals surface area (Å²) in [7, 11) is 0. The molecule has 1 atom stereocenters. The first-order valence-electron chi connectivity index (χ1n) is 8.63. The number of hydrogen-bond acceptors (Lipinski definition) is 4. The van der Waals surface area contributed by atoms with Crippen LogP contribution in [0.25, 0.3) is 10.8 Å². The van der Waals surface area contributed by atoms with Crippen LogP contribution in [0.1, 0.15) is 33.6 Å². The van der Waals surface area contributed by atoms with Crippen LogP contribution in [0, 0.1) is 0 Å². The van der Waals surface area contributed by atoms with Gasteiger partial charge in [0.15, 0.2) is 0 Å². The summed E-state index contributed by atoms with van der Waals surface area (Å²) in [5.74, 6) is 0. The molecule has 3 rings (SSSR count). The van der Waals surface area contributed by atoms with Crippen molar-refractivity contribution >= 4 is 22.6 Å². The van der Waals surface area contributed by atoms with Gasteiger partial charge in [-0.05, 0) is 51.8 Å². The average Bonchev–Trinajstić information content (AvgIpc) is 2.97. The Balaban J connectivity index is 1.84. The Morgan fingerprint density at radius 2 is 2.04 bits per heavy atom. The number of pyridine rings is 1. The molecule has 1 aromatic heterocycles. The Morgan fingerprint density at radius 1 is 1.28 bits per heavy atom. The third kappa shape index (κ3) is 3.62. The van der Waals surface area contributed by atoms with Gasteiger partial charge in [0.05, 0.1) is 6.04 Å². The first kappa shape index (κ1) is 17.3. The Kier molecular flexibility index (Phi) is 4.45. The Morgan fingerprint density at radius 3 is 2.76 bits per heavy atom. The summed E-state index contributed by atoms with van der Waals surface area (Å²) in [4.78, 5) is 26.9. The van der Waals surface area contributed by atoms with Gasteiger partial charge in [0.2, 0.25) is 0 Å². The highest BCUT2D eigenvalue weighted by Gasteiger charge is 2.32. The fourth-order valence-electron chi connectivity index (χ4n) is 3.30. The largest absolute Gasteiger partial charge is 0.444 e. The number of rotatable bonds is 2. The lowest BCUT2D eigenvalue weighted by Gasteiger charge is -2.29. The molecule has 1 unspecified atom stereocenters. The van der Waals surface area contributed by atoms with Crippen molar-refractivity contribution in [3.8, 4) is 0 Å². The Bertz CT molecular complexity index is 851. The summed E-state index contributed by atoms with van der Waals surface area (Å²) in [6, 6.07) is 7.18. The minimum Gasteiger partial charge on any atom is -0.444 e. The minimum atomic E-state index is -0.526. The van der Waals surface area contributed by atoms with Gasteiger partial charge in [-0.3, -0.25) is 4.79 Å². The fraction of sp³-hybridized carbons (Fsp3) is 0.474. The van der Waals surface area contributed by atoms with Crippen molar-refractivity contribution in [2.45, 2.75) is 51.8 Å². The van der Waals surface area contributed by atoms with Crippen LogP contribution < -0.4 is 11.3 Å². The van der Waals surface area contributed by atoms with Crippen LogP contribution in [0.5, 0.6) is 0 Å². The first-order chi connectivity index (χ1) is 11.8. The van der Waals surface area contributed by atoms with Gasteiger partial charge in [-0.1, -0.05) is 6.07 Å². The topological polar surface area (TPSA) is 77.6 Å². The highest BCUT2D eigenvalue weighted by Crippen LogP contribution is 2.23. The molecule has 1 amide bonds. The molecule has 1 aliphatic heterocycles. The van der Waals surface area contributed by atoms with E-state index in [4.69, 9.17) is 10.5 Å². The van der Waals surface area contributed by atoms with E-state index in [2.05, 4.69) is 0 Å². The third-order valence-corrected chi connectivity index (χ3v) is 4.46. The lowest BCUT2D eigenvalue weighted by Crippen LogP contribution is -2.42. The van der Waals surface area contributed by atoms with Gasteiger partial charge in [0, 0.05) is 35.7 Å². The van der Waals surface area contributed by atoms with Crippen LogP contribution in [-0.4, -0.2) is 33.7 Å². The molecular weight excluding hydrogens is 318 g/mol. The molecule has 2 aromatic rings. The van der Waals surface area contributed by atoms with Crippen LogP contribution in [0.15, 0.2) is 35.3 Å². The smallest absolute Gasteiger partial charge is 0.410 e. The Hall–Kier alpha value is -2.50. The molecule has 1 saturated heterocycles. The van der Waals surface area contributed by atoms with Crippen molar-refractivity contribution in [1.82, 2.24) is 9.47 Å². The second-order valence-electron chi connectivity index (χ2n) is 7.55. The van der Waals surface area contributed by atoms with Crippen LogP contribution in [0.2, 0.25) is 0 Å². The number of fused-ring (bicyclic) bond motifs is 1. The molecule has 134 valence electrons. The number of amides is 1. The quantitative estimate of drug-likeness (QED) is 0.851. The Labute approximate surface area is 147 Å². The maximum atomic E-state index is 12.7. The number of nitrogens with zero attached hydrogens (tertiary/aromatic N) is 2. The van der Waals surface area contributed by atoms with Crippen LogP contribution in [-0.2, 0) is 11.3 Å². The summed E-state index contributed by atoms with van der Waals surface area (Å²) in [6.07, 6.45) is 3.22.